The number of rotatable bonds is 8. The Morgan fingerprint density at radius 3 is 1.50 bits per heavy atom. The van der Waals surface area contributed by atoms with E-state index >= 15 is 0 Å². The third-order valence-corrected chi connectivity index (χ3v) is 22.3. The van der Waals surface area contributed by atoms with Crippen LogP contribution >= 0.6 is 15.9 Å². The summed E-state index contributed by atoms with van der Waals surface area (Å²) in [6.07, 6.45) is 0. The fourth-order valence-electron chi connectivity index (χ4n) is 2.66. The molecule has 0 spiro atoms. The molecule has 0 atom stereocenters. The van der Waals surface area contributed by atoms with Crippen molar-refractivity contribution < 1.29 is 13.3 Å². The summed E-state index contributed by atoms with van der Waals surface area (Å²) in [6.45, 7) is 37.2. The average Bonchev–Trinajstić information content (AvgIpc) is 2.60. The topological polar surface area (TPSA) is 27.7 Å². The predicted molar refractivity (Wildman–Crippen MR) is 161 cm³/mol. The van der Waals surface area contributed by atoms with Crippen LogP contribution in [0.25, 0.3) is 0 Å². The summed E-state index contributed by atoms with van der Waals surface area (Å²) in [7, 11) is -6.00. The molecule has 0 saturated carbocycles. The van der Waals surface area contributed by atoms with Crippen LogP contribution in [0.15, 0.2) is 6.07 Å². The Labute approximate surface area is 223 Å². The molecule has 34 heavy (non-hydrogen) atoms. The molecule has 0 aliphatic rings. The lowest BCUT2D eigenvalue weighted by atomic mass is 10.0. The second-order valence-corrected chi connectivity index (χ2v) is 29.2. The normalized spacial score (nSPS) is 14.4. The highest BCUT2D eigenvalue weighted by molar-refractivity contribution is 9.08. The maximum atomic E-state index is 7.05. The van der Waals surface area contributed by atoms with Crippen LogP contribution in [-0.2, 0) is 16.4 Å². The first kappa shape index (κ1) is 31.9. The fourth-order valence-corrected chi connectivity index (χ4v) is 6.26. The molecule has 0 fully saturated rings. The predicted octanol–water partition coefficient (Wildman–Crippen LogP) is 10.2. The zero-order valence-corrected chi connectivity index (χ0v) is 29.7. The van der Waals surface area contributed by atoms with Gasteiger partial charge in [-0.05, 0) is 73.0 Å². The minimum absolute atomic E-state index is 0.0991. The number of halogens is 1. The van der Waals surface area contributed by atoms with Crippen molar-refractivity contribution in [3.8, 4) is 11.5 Å². The van der Waals surface area contributed by atoms with Crippen LogP contribution in [0.1, 0.15) is 79.0 Å². The molecule has 1 aromatic carbocycles. The second-order valence-electron chi connectivity index (χ2n) is 14.4. The molecule has 1 aromatic rings. The lowest BCUT2D eigenvalue weighted by molar-refractivity contribution is 0.271. The summed E-state index contributed by atoms with van der Waals surface area (Å²) < 4.78 is 20.6. The summed E-state index contributed by atoms with van der Waals surface area (Å²) >= 11 is 3.77. The van der Waals surface area contributed by atoms with Crippen molar-refractivity contribution in [1.82, 2.24) is 0 Å². The minimum atomic E-state index is -2.08. The molecule has 0 aliphatic heterocycles. The number of hydrogen-bond acceptors (Lipinski definition) is 3. The number of hydrogen-bond donors (Lipinski definition) is 0. The van der Waals surface area contributed by atoms with Gasteiger partial charge in [-0.1, -0.05) is 78.2 Å². The Morgan fingerprint density at radius 1 is 0.706 bits per heavy atom. The van der Waals surface area contributed by atoms with E-state index in [1.807, 2.05) is 0 Å². The van der Waals surface area contributed by atoms with Crippen molar-refractivity contribution in [2.45, 2.75) is 136 Å². The van der Waals surface area contributed by atoms with Gasteiger partial charge < -0.3 is 13.3 Å². The lowest BCUT2D eigenvalue weighted by Crippen LogP contribution is -2.45. The first-order valence-corrected chi connectivity index (χ1v) is 22.5. The molecule has 0 amide bonds. The van der Waals surface area contributed by atoms with Crippen molar-refractivity contribution in [2.24, 2.45) is 0 Å². The average molecular weight is 590 g/mol. The zero-order valence-electron chi connectivity index (χ0n) is 25.1. The van der Waals surface area contributed by atoms with Gasteiger partial charge in [0.2, 0.25) is 8.32 Å². The molecule has 0 aliphatic carbocycles. The van der Waals surface area contributed by atoms with Crippen LogP contribution in [-0.4, -0.2) is 25.0 Å². The van der Waals surface area contributed by atoms with E-state index < -0.39 is 25.0 Å². The van der Waals surface area contributed by atoms with E-state index in [2.05, 4.69) is 131 Å². The monoisotopic (exact) mass is 588 g/mol. The van der Waals surface area contributed by atoms with E-state index in [9.17, 15) is 0 Å². The lowest BCUT2D eigenvalue weighted by Gasteiger charge is -2.40. The van der Waals surface area contributed by atoms with Gasteiger partial charge in [0.1, 0.15) is 11.5 Å². The van der Waals surface area contributed by atoms with Crippen molar-refractivity contribution >= 4 is 40.9 Å². The molecule has 0 heterocycles. The molecule has 0 aromatic heterocycles. The van der Waals surface area contributed by atoms with E-state index in [1.54, 1.807) is 0 Å². The van der Waals surface area contributed by atoms with Gasteiger partial charge in [-0.25, -0.2) is 0 Å². The highest BCUT2D eigenvalue weighted by atomic mass is 79.9. The first-order chi connectivity index (χ1) is 14.9. The Hall–Kier alpha value is -0.0894. The smallest absolute Gasteiger partial charge is 0.250 e. The first-order valence-electron chi connectivity index (χ1n) is 12.6. The molecule has 0 bridgehead atoms. The highest BCUT2D eigenvalue weighted by Crippen LogP contribution is 2.46. The molecule has 198 valence electrons. The molecular formula is C27H53BrO3Si3. The van der Waals surface area contributed by atoms with Gasteiger partial charge in [-0.3, -0.25) is 0 Å². The van der Waals surface area contributed by atoms with Crippen LogP contribution in [0.4, 0.5) is 0 Å². The summed E-state index contributed by atoms with van der Waals surface area (Å²) in [5.74, 6) is 1.95. The van der Waals surface area contributed by atoms with Crippen LogP contribution < -0.4 is 8.85 Å². The van der Waals surface area contributed by atoms with Crippen LogP contribution in [0.2, 0.25) is 54.4 Å². The Balaban J connectivity index is 3.73. The van der Waals surface area contributed by atoms with E-state index in [4.69, 9.17) is 13.3 Å². The molecule has 1 rings (SSSR count). The SMILES string of the molecule is Cc1c(O[Si](C)(C)C(C)(C)C)cc(CBr)c(CO[Si](C)(C)C(C)(C)C)c1O[Si](C)(C)C(C)(C)C. The third-order valence-electron chi connectivity index (χ3n) is 8.54. The minimum Gasteiger partial charge on any atom is -0.543 e. The number of benzene rings is 1. The third kappa shape index (κ3) is 7.24. The Kier molecular flexibility index (Phi) is 9.72. The van der Waals surface area contributed by atoms with E-state index in [0.29, 0.717) is 6.61 Å². The quantitative estimate of drug-likeness (QED) is 0.223. The van der Waals surface area contributed by atoms with Crippen molar-refractivity contribution in [2.75, 3.05) is 0 Å². The standard InChI is InChI=1S/C27H53BrO3Si3/c1-20-23(30-33(13,14)26(5,6)7)17-21(18-28)22(19-29-32(11,12)25(2,3)4)24(20)31-34(15,16)27(8,9)10/h17H,18-19H2,1-16H3. The van der Waals surface area contributed by atoms with E-state index in [0.717, 1.165) is 22.4 Å². The van der Waals surface area contributed by atoms with Crippen LogP contribution in [0, 0.1) is 6.92 Å². The Morgan fingerprint density at radius 2 is 1.12 bits per heavy atom. The van der Waals surface area contributed by atoms with Gasteiger partial charge in [0.15, 0.2) is 8.32 Å². The molecule has 7 heteroatoms. The number of alkyl halides is 1. The molecule has 0 unspecified atom stereocenters. The molecule has 0 radical (unpaired) electrons. The fraction of sp³-hybridized carbons (Fsp3) is 0.778. The molecule has 0 saturated heterocycles. The van der Waals surface area contributed by atoms with E-state index in [1.165, 1.54) is 11.1 Å². The summed E-state index contributed by atoms with van der Waals surface area (Å²) in [4.78, 5) is 0. The van der Waals surface area contributed by atoms with E-state index in [-0.39, 0.29) is 15.1 Å². The summed E-state index contributed by atoms with van der Waals surface area (Å²) in [5, 5.41) is 1.12. The molecular weight excluding hydrogens is 536 g/mol. The van der Waals surface area contributed by atoms with Crippen molar-refractivity contribution in [3.05, 3.63) is 22.8 Å². The van der Waals surface area contributed by atoms with Crippen LogP contribution in [0.3, 0.4) is 0 Å². The molecule has 3 nitrogen and oxygen atoms in total. The van der Waals surface area contributed by atoms with Gasteiger partial charge >= 0.3 is 0 Å². The van der Waals surface area contributed by atoms with Gasteiger partial charge in [-0.2, -0.15) is 0 Å². The van der Waals surface area contributed by atoms with Gasteiger partial charge in [-0.15, -0.1) is 0 Å². The van der Waals surface area contributed by atoms with Crippen molar-refractivity contribution in [1.29, 1.82) is 0 Å². The highest BCUT2D eigenvalue weighted by Gasteiger charge is 2.43. The van der Waals surface area contributed by atoms with Crippen LogP contribution in [0.5, 0.6) is 11.5 Å². The van der Waals surface area contributed by atoms with Gasteiger partial charge in [0, 0.05) is 16.5 Å². The van der Waals surface area contributed by atoms with Crippen molar-refractivity contribution in [3.63, 3.8) is 0 Å². The Bertz CT molecular complexity index is 858. The molecule has 0 N–H and O–H groups in total. The maximum Gasteiger partial charge on any atom is 0.250 e. The maximum absolute atomic E-state index is 7.05. The van der Waals surface area contributed by atoms with Gasteiger partial charge in [0.05, 0.1) is 6.61 Å². The summed E-state index contributed by atoms with van der Waals surface area (Å²) in [5.41, 5.74) is 3.48. The van der Waals surface area contributed by atoms with Gasteiger partial charge in [0.25, 0.3) is 8.32 Å². The zero-order chi connectivity index (χ0) is 27.1. The second kappa shape index (κ2) is 10.3. The largest absolute Gasteiger partial charge is 0.543 e. The summed E-state index contributed by atoms with van der Waals surface area (Å²) in [6, 6.07) is 2.23.